The van der Waals surface area contributed by atoms with Crippen molar-refractivity contribution in [1.82, 2.24) is 0 Å². The number of ether oxygens (including phenoxy) is 2. The molecule has 0 saturated heterocycles. The van der Waals surface area contributed by atoms with Crippen LogP contribution in [0.1, 0.15) is 19.8 Å². The van der Waals surface area contributed by atoms with Crippen molar-refractivity contribution in [2.24, 2.45) is 0 Å². The van der Waals surface area contributed by atoms with Crippen LogP contribution in [0, 0.1) is 0 Å². The lowest BCUT2D eigenvalue weighted by molar-refractivity contribution is -0.357. The summed E-state index contributed by atoms with van der Waals surface area (Å²) in [5, 5.41) is 19.0. The Labute approximate surface area is 99.1 Å². The van der Waals surface area contributed by atoms with E-state index >= 15 is 0 Å². The van der Waals surface area contributed by atoms with Crippen LogP contribution in [-0.4, -0.2) is 34.2 Å². The molecule has 17 heavy (non-hydrogen) atoms. The molecule has 0 heterocycles. The minimum absolute atomic E-state index is 0.108. The van der Waals surface area contributed by atoms with Gasteiger partial charge in [0.2, 0.25) is 0 Å². The molecule has 0 fully saturated rings. The Hall–Kier alpha value is -1.66. The predicted molar refractivity (Wildman–Crippen MR) is 58.4 cm³/mol. The minimum Gasteiger partial charge on any atom is -0.449 e. The number of esters is 2. The van der Waals surface area contributed by atoms with Gasteiger partial charge in [0.15, 0.2) is 6.10 Å². The van der Waals surface area contributed by atoms with Crippen LogP contribution in [0.3, 0.4) is 0 Å². The summed E-state index contributed by atoms with van der Waals surface area (Å²) in [4.78, 5) is 21.8. The van der Waals surface area contributed by atoms with Gasteiger partial charge in [0.05, 0.1) is 0 Å². The van der Waals surface area contributed by atoms with E-state index in [1.807, 2.05) is 0 Å². The summed E-state index contributed by atoms with van der Waals surface area (Å²) < 4.78 is 8.97. The quantitative estimate of drug-likeness (QED) is 0.379. The summed E-state index contributed by atoms with van der Waals surface area (Å²) in [6.45, 7) is 8.01. The van der Waals surface area contributed by atoms with E-state index in [0.29, 0.717) is 6.42 Å². The Morgan fingerprint density at radius 3 is 2.24 bits per heavy atom. The molecule has 1 atom stereocenters. The monoisotopic (exact) mass is 244 g/mol. The van der Waals surface area contributed by atoms with E-state index in [2.05, 4.69) is 22.6 Å². The third-order valence-corrected chi connectivity index (χ3v) is 1.81. The summed E-state index contributed by atoms with van der Waals surface area (Å²) in [7, 11) is 0. The largest absolute Gasteiger partial charge is 0.449 e. The normalized spacial score (nSPS) is 12.4. The lowest BCUT2D eigenvalue weighted by Crippen LogP contribution is -2.48. The standard InChI is InChI=1S/C11H16O6/c1-4-7-8(16-9(12)5-2)11(14,15)17-10(13)6-3/h5-6,8,14-15H,2-4,7H2,1H3. The van der Waals surface area contributed by atoms with Crippen LogP contribution in [0.5, 0.6) is 0 Å². The van der Waals surface area contributed by atoms with Crippen molar-refractivity contribution in [1.29, 1.82) is 0 Å². The molecular formula is C11H16O6. The maximum absolute atomic E-state index is 11.0. The molecule has 0 saturated carbocycles. The fourth-order valence-corrected chi connectivity index (χ4v) is 1.03. The van der Waals surface area contributed by atoms with Gasteiger partial charge in [-0.05, 0) is 6.42 Å². The topological polar surface area (TPSA) is 93.1 Å². The second-order valence-corrected chi connectivity index (χ2v) is 3.20. The highest BCUT2D eigenvalue weighted by atomic mass is 16.8. The molecule has 0 aliphatic heterocycles. The molecule has 0 aliphatic rings. The van der Waals surface area contributed by atoms with Gasteiger partial charge in [0.1, 0.15) is 0 Å². The van der Waals surface area contributed by atoms with Crippen LogP contribution < -0.4 is 0 Å². The first-order valence-electron chi connectivity index (χ1n) is 5.00. The Bertz CT molecular complexity index is 307. The molecular weight excluding hydrogens is 228 g/mol. The molecule has 0 bridgehead atoms. The molecule has 96 valence electrons. The van der Waals surface area contributed by atoms with E-state index in [9.17, 15) is 19.8 Å². The molecule has 2 N–H and O–H groups in total. The highest BCUT2D eigenvalue weighted by Gasteiger charge is 2.40. The molecule has 0 amide bonds. The zero-order chi connectivity index (χ0) is 13.5. The van der Waals surface area contributed by atoms with Gasteiger partial charge in [-0.15, -0.1) is 0 Å². The van der Waals surface area contributed by atoms with Crippen LogP contribution in [0.25, 0.3) is 0 Å². The molecule has 0 spiro atoms. The summed E-state index contributed by atoms with van der Waals surface area (Å²) >= 11 is 0. The summed E-state index contributed by atoms with van der Waals surface area (Å²) in [6, 6.07) is 0. The van der Waals surface area contributed by atoms with Crippen LogP contribution in [0.2, 0.25) is 0 Å². The maximum Gasteiger partial charge on any atom is 0.363 e. The lowest BCUT2D eigenvalue weighted by Gasteiger charge is -2.28. The molecule has 6 heteroatoms. The Morgan fingerprint density at radius 1 is 1.29 bits per heavy atom. The van der Waals surface area contributed by atoms with Crippen molar-refractivity contribution in [2.75, 3.05) is 0 Å². The van der Waals surface area contributed by atoms with E-state index < -0.39 is 24.0 Å². The highest BCUT2D eigenvalue weighted by Crippen LogP contribution is 2.18. The molecule has 0 aliphatic carbocycles. The summed E-state index contributed by atoms with van der Waals surface area (Å²) in [6.07, 6.45) is 0.843. The first kappa shape index (κ1) is 15.3. The number of carbonyl (C=O) groups excluding carboxylic acids is 2. The molecule has 6 nitrogen and oxygen atoms in total. The number of aliphatic hydroxyl groups is 2. The zero-order valence-corrected chi connectivity index (χ0v) is 9.59. The molecule has 0 aromatic heterocycles. The van der Waals surface area contributed by atoms with Crippen molar-refractivity contribution >= 4 is 11.9 Å². The van der Waals surface area contributed by atoms with Gasteiger partial charge in [0.25, 0.3) is 0 Å². The second-order valence-electron chi connectivity index (χ2n) is 3.20. The van der Waals surface area contributed by atoms with E-state index in [1.165, 1.54) is 0 Å². The SMILES string of the molecule is C=CC(=O)OC(CCC)C(O)(O)OC(=O)C=C. The summed E-state index contributed by atoms with van der Waals surface area (Å²) in [5.74, 6) is -4.77. The van der Waals surface area contributed by atoms with Gasteiger partial charge in [-0.1, -0.05) is 26.5 Å². The Morgan fingerprint density at radius 2 is 1.82 bits per heavy atom. The number of rotatable bonds is 7. The maximum atomic E-state index is 11.0. The van der Waals surface area contributed by atoms with E-state index in [-0.39, 0.29) is 6.42 Å². The fraction of sp³-hybridized carbons (Fsp3) is 0.455. The van der Waals surface area contributed by atoms with Crippen LogP contribution in [0.4, 0.5) is 0 Å². The van der Waals surface area contributed by atoms with Crippen LogP contribution in [0.15, 0.2) is 25.3 Å². The zero-order valence-electron chi connectivity index (χ0n) is 9.59. The molecule has 0 radical (unpaired) electrons. The lowest BCUT2D eigenvalue weighted by atomic mass is 10.2. The Balaban J connectivity index is 4.75. The molecule has 0 aromatic rings. The van der Waals surface area contributed by atoms with E-state index in [0.717, 1.165) is 12.2 Å². The number of carbonyl (C=O) groups is 2. The van der Waals surface area contributed by atoms with Crippen molar-refractivity contribution in [3.8, 4) is 0 Å². The van der Waals surface area contributed by atoms with Crippen LogP contribution >= 0.6 is 0 Å². The van der Waals surface area contributed by atoms with Crippen molar-refractivity contribution in [3.05, 3.63) is 25.3 Å². The van der Waals surface area contributed by atoms with E-state index in [4.69, 9.17) is 0 Å². The van der Waals surface area contributed by atoms with Crippen molar-refractivity contribution in [3.63, 3.8) is 0 Å². The van der Waals surface area contributed by atoms with Gasteiger partial charge in [-0.25, -0.2) is 9.59 Å². The third kappa shape index (κ3) is 5.28. The van der Waals surface area contributed by atoms with Gasteiger partial charge in [0, 0.05) is 12.2 Å². The summed E-state index contributed by atoms with van der Waals surface area (Å²) in [5.41, 5.74) is 0. The predicted octanol–water partition coefficient (Wildman–Crippen LogP) is 0.252. The van der Waals surface area contributed by atoms with Gasteiger partial charge in [-0.3, -0.25) is 0 Å². The number of hydrogen-bond acceptors (Lipinski definition) is 6. The van der Waals surface area contributed by atoms with Crippen LogP contribution in [-0.2, 0) is 19.1 Å². The molecule has 0 aromatic carbocycles. The first-order valence-corrected chi connectivity index (χ1v) is 5.00. The van der Waals surface area contributed by atoms with Gasteiger partial charge in [-0.2, -0.15) is 0 Å². The smallest absolute Gasteiger partial charge is 0.363 e. The average Bonchev–Trinajstić information content (AvgIpc) is 2.27. The number of hydrogen-bond donors (Lipinski definition) is 2. The molecule has 1 unspecified atom stereocenters. The molecule has 0 rings (SSSR count). The van der Waals surface area contributed by atoms with Crippen molar-refractivity contribution in [2.45, 2.75) is 31.8 Å². The van der Waals surface area contributed by atoms with Gasteiger partial charge < -0.3 is 19.7 Å². The Kier molecular flexibility index (Phi) is 6.16. The van der Waals surface area contributed by atoms with E-state index in [1.54, 1.807) is 6.92 Å². The minimum atomic E-state index is -2.89. The fourth-order valence-electron chi connectivity index (χ4n) is 1.03. The highest BCUT2D eigenvalue weighted by molar-refractivity contribution is 5.82. The van der Waals surface area contributed by atoms with Gasteiger partial charge >= 0.3 is 17.9 Å². The van der Waals surface area contributed by atoms with Crippen molar-refractivity contribution < 1.29 is 29.3 Å². The first-order chi connectivity index (χ1) is 7.87. The third-order valence-electron chi connectivity index (χ3n) is 1.81. The average molecular weight is 244 g/mol. The second kappa shape index (κ2) is 6.82.